The third kappa shape index (κ3) is 5.83. The summed E-state index contributed by atoms with van der Waals surface area (Å²) in [6.07, 6.45) is 1.96. The van der Waals surface area contributed by atoms with Crippen LogP contribution < -0.4 is 10.4 Å². The highest BCUT2D eigenvalue weighted by Crippen LogP contribution is 2.58. The molecule has 236 valence electrons. The van der Waals surface area contributed by atoms with Crippen LogP contribution in [0.25, 0.3) is 0 Å². The lowest BCUT2D eigenvalue weighted by molar-refractivity contribution is -0.255. The second-order valence-corrected chi connectivity index (χ2v) is 18.9. The molecular formula is C35H43BrO7Si. The maximum Gasteiger partial charge on any atom is 0.333 e. The number of ether oxygens (including phenoxy) is 4. The molecule has 5 rings (SSSR count). The normalized spacial score (nSPS) is 23.9. The Kier molecular flexibility index (Phi) is 9.05. The molecule has 0 radical (unpaired) electrons. The van der Waals surface area contributed by atoms with E-state index in [9.17, 15) is 9.59 Å². The van der Waals surface area contributed by atoms with E-state index in [0.717, 1.165) is 16.8 Å². The Morgan fingerprint density at radius 3 is 2.02 bits per heavy atom. The molecule has 3 aliphatic rings. The topological polar surface area (TPSA) is 83.6 Å². The van der Waals surface area contributed by atoms with Gasteiger partial charge in [-0.3, -0.25) is 4.79 Å². The molecule has 1 spiro atoms. The highest BCUT2D eigenvalue weighted by atomic mass is 79.9. The van der Waals surface area contributed by atoms with Crippen molar-refractivity contribution in [2.75, 3.05) is 19.8 Å². The summed E-state index contributed by atoms with van der Waals surface area (Å²) in [7, 11) is -2.93. The average molecular weight is 684 g/mol. The van der Waals surface area contributed by atoms with Gasteiger partial charge in [-0.2, -0.15) is 0 Å². The Hall–Kier alpha value is -2.40. The molecule has 2 aliphatic heterocycles. The van der Waals surface area contributed by atoms with E-state index >= 15 is 0 Å². The van der Waals surface area contributed by atoms with Gasteiger partial charge < -0.3 is 23.4 Å². The minimum atomic E-state index is -2.93. The van der Waals surface area contributed by atoms with E-state index in [-0.39, 0.29) is 23.8 Å². The number of ketones is 1. The van der Waals surface area contributed by atoms with Crippen molar-refractivity contribution in [3.05, 3.63) is 82.4 Å². The lowest BCUT2D eigenvalue weighted by Gasteiger charge is -2.46. The van der Waals surface area contributed by atoms with Crippen molar-refractivity contribution in [2.45, 2.75) is 89.4 Å². The molecule has 0 aromatic heterocycles. The fourth-order valence-electron chi connectivity index (χ4n) is 6.34. The molecule has 9 heteroatoms. The van der Waals surface area contributed by atoms with Crippen LogP contribution in [0.2, 0.25) is 5.04 Å². The number of carbonyl (C=O) groups is 2. The predicted molar refractivity (Wildman–Crippen MR) is 176 cm³/mol. The number of benzene rings is 2. The molecule has 2 unspecified atom stereocenters. The highest BCUT2D eigenvalue weighted by molar-refractivity contribution is 9.12. The van der Waals surface area contributed by atoms with Gasteiger partial charge in [-0.1, -0.05) is 87.5 Å². The predicted octanol–water partition coefficient (Wildman–Crippen LogP) is 5.74. The second kappa shape index (κ2) is 12.1. The minimum Gasteiger partial charge on any atom is -0.457 e. The second-order valence-electron chi connectivity index (χ2n) is 13.8. The zero-order valence-corrected chi connectivity index (χ0v) is 29.3. The van der Waals surface area contributed by atoms with Crippen molar-refractivity contribution in [1.29, 1.82) is 0 Å². The van der Waals surface area contributed by atoms with Gasteiger partial charge in [-0.15, -0.1) is 0 Å². The van der Waals surface area contributed by atoms with Crippen molar-refractivity contribution >= 4 is 46.4 Å². The average Bonchev–Trinajstić information content (AvgIpc) is 3.74. The number of carbonyl (C=O) groups excluding carboxylic acids is 2. The first kappa shape index (κ1) is 33.0. The summed E-state index contributed by atoms with van der Waals surface area (Å²) in [5.41, 5.74) is -0.818. The van der Waals surface area contributed by atoms with Crippen LogP contribution in [0.4, 0.5) is 0 Å². The molecule has 0 bridgehead atoms. The zero-order valence-electron chi connectivity index (χ0n) is 26.7. The molecular weight excluding hydrogens is 640 g/mol. The van der Waals surface area contributed by atoms with Gasteiger partial charge in [0, 0.05) is 17.6 Å². The summed E-state index contributed by atoms with van der Waals surface area (Å²) >= 11 is 3.65. The molecule has 0 saturated carbocycles. The molecule has 0 N–H and O–H groups in total. The van der Waals surface area contributed by atoms with Crippen molar-refractivity contribution in [3.63, 3.8) is 0 Å². The first-order valence-electron chi connectivity index (χ1n) is 15.2. The maximum absolute atomic E-state index is 14.1. The van der Waals surface area contributed by atoms with Crippen LogP contribution in [-0.2, 0) is 33.0 Å². The van der Waals surface area contributed by atoms with Gasteiger partial charge in [0.05, 0.1) is 24.3 Å². The van der Waals surface area contributed by atoms with E-state index in [2.05, 4.69) is 61.0 Å². The Bertz CT molecular complexity index is 1410. The van der Waals surface area contributed by atoms with Gasteiger partial charge in [-0.05, 0) is 65.5 Å². The van der Waals surface area contributed by atoms with Crippen LogP contribution in [-0.4, -0.2) is 63.0 Å². The molecule has 2 aromatic rings. The third-order valence-electron chi connectivity index (χ3n) is 8.51. The molecule has 7 nitrogen and oxygen atoms in total. The number of rotatable bonds is 8. The van der Waals surface area contributed by atoms with Gasteiger partial charge in [-0.25, -0.2) is 4.79 Å². The fraction of sp³-hybridized carbons (Fsp3) is 0.486. The number of halogens is 1. The lowest BCUT2D eigenvalue weighted by atomic mass is 9.81. The van der Waals surface area contributed by atoms with Gasteiger partial charge in [0.15, 0.2) is 11.7 Å². The van der Waals surface area contributed by atoms with E-state index < -0.39 is 37.4 Å². The Labute approximate surface area is 270 Å². The Morgan fingerprint density at radius 2 is 1.52 bits per heavy atom. The van der Waals surface area contributed by atoms with Crippen LogP contribution in [0.15, 0.2) is 82.4 Å². The van der Waals surface area contributed by atoms with Gasteiger partial charge >= 0.3 is 5.97 Å². The van der Waals surface area contributed by atoms with E-state index in [1.165, 1.54) is 0 Å². The first-order valence-corrected chi connectivity index (χ1v) is 17.9. The molecule has 1 aliphatic carbocycles. The summed E-state index contributed by atoms with van der Waals surface area (Å²) in [5.74, 6) is -1.92. The molecule has 2 atom stereocenters. The Balaban J connectivity index is 1.53. The highest BCUT2D eigenvalue weighted by Gasteiger charge is 2.76. The number of esters is 1. The largest absolute Gasteiger partial charge is 0.457 e. The van der Waals surface area contributed by atoms with Crippen LogP contribution in [0.1, 0.15) is 61.3 Å². The third-order valence-corrected chi connectivity index (χ3v) is 14.3. The van der Waals surface area contributed by atoms with E-state index in [1.807, 2.05) is 57.2 Å². The first-order chi connectivity index (χ1) is 20.7. The summed E-state index contributed by atoms with van der Waals surface area (Å²) in [6.45, 7) is 14.8. The molecule has 0 amide bonds. The van der Waals surface area contributed by atoms with Gasteiger partial charge in [0.1, 0.15) is 5.60 Å². The summed E-state index contributed by atoms with van der Waals surface area (Å²) in [5, 5.41) is 2.01. The number of fused-ring (bicyclic) bond motifs is 2. The van der Waals surface area contributed by atoms with Crippen LogP contribution in [0.3, 0.4) is 0 Å². The maximum atomic E-state index is 14.1. The standard InChI is InChI=1S/C35H43BrO7Si/c1-24(30(38)42-32(2,3)4)19-20-34-29(37)28(36)27(35(31(34)43-34)39-21-14-22-40-35)23-41-44(33(5,6)7,25-15-10-8-11-16-25)26-17-12-9-13-18-26/h8-13,15-19,31H,14,20-23H2,1-7H3/b24-19+. The zero-order chi connectivity index (χ0) is 32.0. The summed E-state index contributed by atoms with van der Waals surface area (Å²) in [4.78, 5) is 26.7. The Morgan fingerprint density at radius 1 is 0.977 bits per heavy atom. The SMILES string of the molecule is C/C(=C\CC12OC1C1(OCCCO1)C(CO[Si](c1ccccc1)(c1ccccc1)C(C)(C)C)=C(Br)C2=O)C(=O)OC(C)(C)C. The minimum absolute atomic E-state index is 0.113. The van der Waals surface area contributed by atoms with Crippen LogP contribution in [0, 0.1) is 0 Å². The molecule has 2 saturated heterocycles. The molecule has 2 heterocycles. The smallest absolute Gasteiger partial charge is 0.333 e. The monoisotopic (exact) mass is 682 g/mol. The van der Waals surface area contributed by atoms with Crippen molar-refractivity contribution in [3.8, 4) is 0 Å². The molecule has 2 aromatic carbocycles. The van der Waals surface area contributed by atoms with Crippen molar-refractivity contribution < 1.29 is 33.0 Å². The van der Waals surface area contributed by atoms with Crippen molar-refractivity contribution in [1.82, 2.24) is 0 Å². The number of epoxide rings is 1. The molecule has 44 heavy (non-hydrogen) atoms. The van der Waals surface area contributed by atoms with Crippen LogP contribution >= 0.6 is 15.9 Å². The van der Waals surface area contributed by atoms with E-state index in [0.29, 0.717) is 28.8 Å². The van der Waals surface area contributed by atoms with Crippen LogP contribution in [0.5, 0.6) is 0 Å². The van der Waals surface area contributed by atoms with E-state index in [4.69, 9.17) is 23.4 Å². The van der Waals surface area contributed by atoms with Gasteiger partial charge in [0.25, 0.3) is 8.32 Å². The van der Waals surface area contributed by atoms with E-state index in [1.54, 1.807) is 13.0 Å². The van der Waals surface area contributed by atoms with Crippen molar-refractivity contribution in [2.24, 2.45) is 0 Å². The lowest BCUT2D eigenvalue weighted by Crippen LogP contribution is -2.67. The van der Waals surface area contributed by atoms with Gasteiger partial charge in [0.2, 0.25) is 11.6 Å². The number of hydrogen-bond acceptors (Lipinski definition) is 7. The quantitative estimate of drug-likeness (QED) is 0.152. The molecule has 2 fully saturated rings. The fourth-order valence-corrected chi connectivity index (χ4v) is 11.6. The number of hydrogen-bond donors (Lipinski definition) is 0. The summed E-state index contributed by atoms with van der Waals surface area (Å²) < 4.78 is 32.2. The summed E-state index contributed by atoms with van der Waals surface area (Å²) in [6, 6.07) is 20.7. The number of Topliss-reactive ketones (excluding diaryl/α,β-unsaturated/α-hetero) is 1.